The molecule has 1 unspecified atom stereocenters. The number of hydrogen-bond donors (Lipinski definition) is 1. The van der Waals surface area contributed by atoms with Crippen molar-refractivity contribution in [2.24, 2.45) is 0 Å². The Bertz CT molecular complexity index is 138. The van der Waals surface area contributed by atoms with E-state index in [0.717, 1.165) is 19.8 Å². The minimum absolute atomic E-state index is 0.607. The van der Waals surface area contributed by atoms with Gasteiger partial charge in [0.1, 0.15) is 0 Å². The predicted molar refractivity (Wildman–Crippen MR) is 71.0 cm³/mol. The number of rotatable bonds is 11. The lowest BCUT2D eigenvalue weighted by Crippen LogP contribution is -2.31. The summed E-state index contributed by atoms with van der Waals surface area (Å²) in [6, 6.07) is 0.607. The highest BCUT2D eigenvalue weighted by atomic mass is 16.5. The van der Waals surface area contributed by atoms with Crippen LogP contribution in [0.25, 0.3) is 0 Å². The van der Waals surface area contributed by atoms with Gasteiger partial charge >= 0.3 is 0 Å². The van der Waals surface area contributed by atoms with E-state index in [2.05, 4.69) is 31.0 Å². The Hall–Kier alpha value is -0.120. The van der Waals surface area contributed by atoms with Gasteiger partial charge in [0.05, 0.1) is 6.61 Å². The van der Waals surface area contributed by atoms with Crippen LogP contribution in [0.3, 0.4) is 0 Å². The van der Waals surface area contributed by atoms with Crippen molar-refractivity contribution in [1.29, 1.82) is 0 Å². The highest BCUT2D eigenvalue weighted by Crippen LogP contribution is 1.99. The molecule has 1 atom stereocenters. The van der Waals surface area contributed by atoms with Crippen LogP contribution in [-0.4, -0.2) is 50.3 Å². The normalized spacial score (nSPS) is 13.3. The van der Waals surface area contributed by atoms with Crippen molar-refractivity contribution in [2.45, 2.75) is 46.6 Å². The SMILES string of the molecule is CCOCCNC(C)CCCN(CC)CC. The van der Waals surface area contributed by atoms with Crippen LogP contribution in [0, 0.1) is 0 Å². The molecule has 16 heavy (non-hydrogen) atoms. The molecular formula is C13H30N2O. The van der Waals surface area contributed by atoms with Crippen molar-refractivity contribution in [3.05, 3.63) is 0 Å². The summed E-state index contributed by atoms with van der Waals surface area (Å²) in [6.45, 7) is 14.9. The Morgan fingerprint density at radius 3 is 2.44 bits per heavy atom. The molecule has 0 aromatic carbocycles. The molecular weight excluding hydrogens is 200 g/mol. The molecule has 0 rings (SSSR count). The third-order valence-electron chi connectivity index (χ3n) is 2.95. The third kappa shape index (κ3) is 9.13. The molecule has 0 radical (unpaired) electrons. The summed E-state index contributed by atoms with van der Waals surface area (Å²) in [7, 11) is 0. The van der Waals surface area contributed by atoms with Gasteiger partial charge in [0.25, 0.3) is 0 Å². The van der Waals surface area contributed by atoms with Crippen LogP contribution < -0.4 is 5.32 Å². The van der Waals surface area contributed by atoms with Crippen LogP contribution >= 0.6 is 0 Å². The van der Waals surface area contributed by atoms with E-state index >= 15 is 0 Å². The lowest BCUT2D eigenvalue weighted by Gasteiger charge is -2.19. The molecule has 0 aliphatic carbocycles. The van der Waals surface area contributed by atoms with E-state index in [4.69, 9.17) is 4.74 Å². The first kappa shape index (κ1) is 15.9. The predicted octanol–water partition coefficient (Wildman–Crippen LogP) is 2.12. The molecule has 1 N–H and O–H groups in total. The fraction of sp³-hybridized carbons (Fsp3) is 1.00. The molecule has 0 amide bonds. The van der Waals surface area contributed by atoms with Crippen molar-refractivity contribution in [2.75, 3.05) is 39.4 Å². The van der Waals surface area contributed by atoms with Crippen LogP contribution in [0.1, 0.15) is 40.5 Å². The number of nitrogens with one attached hydrogen (secondary N) is 1. The van der Waals surface area contributed by atoms with Crippen LogP contribution in [0.2, 0.25) is 0 Å². The standard InChI is InChI=1S/C13H30N2O/c1-5-15(6-2)11-8-9-13(4)14-10-12-16-7-3/h13-14H,5-12H2,1-4H3. The smallest absolute Gasteiger partial charge is 0.0590 e. The highest BCUT2D eigenvalue weighted by Gasteiger charge is 2.03. The Morgan fingerprint density at radius 1 is 1.19 bits per heavy atom. The first-order valence-electron chi connectivity index (χ1n) is 6.78. The molecule has 0 bridgehead atoms. The summed E-state index contributed by atoms with van der Waals surface area (Å²) in [6.07, 6.45) is 2.53. The first-order chi connectivity index (χ1) is 7.74. The fourth-order valence-corrected chi connectivity index (χ4v) is 1.78. The van der Waals surface area contributed by atoms with Crippen LogP contribution in [-0.2, 0) is 4.74 Å². The number of nitrogens with zero attached hydrogens (tertiary/aromatic N) is 1. The molecule has 0 aliphatic rings. The molecule has 0 saturated heterocycles. The second-order valence-electron chi connectivity index (χ2n) is 4.22. The Balaban J connectivity index is 3.32. The van der Waals surface area contributed by atoms with E-state index in [1.165, 1.54) is 32.5 Å². The minimum atomic E-state index is 0.607. The van der Waals surface area contributed by atoms with Crippen LogP contribution in [0.5, 0.6) is 0 Å². The lowest BCUT2D eigenvalue weighted by molar-refractivity contribution is 0.146. The number of ether oxygens (including phenoxy) is 1. The van der Waals surface area contributed by atoms with Crippen molar-refractivity contribution in [3.8, 4) is 0 Å². The van der Waals surface area contributed by atoms with Gasteiger partial charge in [-0.2, -0.15) is 0 Å². The fourth-order valence-electron chi connectivity index (χ4n) is 1.78. The van der Waals surface area contributed by atoms with E-state index in [9.17, 15) is 0 Å². The zero-order valence-electron chi connectivity index (χ0n) is 11.6. The maximum absolute atomic E-state index is 5.29. The molecule has 3 heteroatoms. The zero-order chi connectivity index (χ0) is 12.2. The third-order valence-corrected chi connectivity index (χ3v) is 2.95. The van der Waals surface area contributed by atoms with Crippen molar-refractivity contribution in [1.82, 2.24) is 10.2 Å². The van der Waals surface area contributed by atoms with Gasteiger partial charge in [-0.15, -0.1) is 0 Å². The van der Waals surface area contributed by atoms with E-state index in [1.54, 1.807) is 0 Å². The molecule has 3 nitrogen and oxygen atoms in total. The average Bonchev–Trinajstić information content (AvgIpc) is 2.30. The van der Waals surface area contributed by atoms with E-state index in [1.807, 2.05) is 6.92 Å². The summed E-state index contributed by atoms with van der Waals surface area (Å²) in [5, 5.41) is 3.48. The first-order valence-corrected chi connectivity index (χ1v) is 6.78. The van der Waals surface area contributed by atoms with Crippen molar-refractivity contribution < 1.29 is 4.74 Å². The average molecular weight is 230 g/mol. The van der Waals surface area contributed by atoms with Gasteiger partial charge in [-0.05, 0) is 46.3 Å². The largest absolute Gasteiger partial charge is 0.380 e. The summed E-state index contributed by atoms with van der Waals surface area (Å²) < 4.78 is 5.29. The van der Waals surface area contributed by atoms with Crippen LogP contribution in [0.4, 0.5) is 0 Å². The second kappa shape index (κ2) is 11.4. The quantitative estimate of drug-likeness (QED) is 0.550. The zero-order valence-corrected chi connectivity index (χ0v) is 11.6. The van der Waals surface area contributed by atoms with E-state index < -0.39 is 0 Å². The van der Waals surface area contributed by atoms with E-state index in [0.29, 0.717) is 6.04 Å². The van der Waals surface area contributed by atoms with Crippen molar-refractivity contribution in [3.63, 3.8) is 0 Å². The maximum atomic E-state index is 5.29. The summed E-state index contributed by atoms with van der Waals surface area (Å²) >= 11 is 0. The molecule has 0 heterocycles. The Morgan fingerprint density at radius 2 is 1.88 bits per heavy atom. The van der Waals surface area contributed by atoms with Crippen LogP contribution in [0.15, 0.2) is 0 Å². The van der Waals surface area contributed by atoms with Gasteiger partial charge in [-0.3, -0.25) is 0 Å². The van der Waals surface area contributed by atoms with Gasteiger partial charge in [0.15, 0.2) is 0 Å². The Labute approximate surface area is 102 Å². The summed E-state index contributed by atoms with van der Waals surface area (Å²) in [4.78, 5) is 2.48. The second-order valence-corrected chi connectivity index (χ2v) is 4.22. The van der Waals surface area contributed by atoms with Gasteiger partial charge in [-0.25, -0.2) is 0 Å². The monoisotopic (exact) mass is 230 g/mol. The highest BCUT2D eigenvalue weighted by molar-refractivity contribution is 4.62. The van der Waals surface area contributed by atoms with E-state index in [-0.39, 0.29) is 0 Å². The number of hydrogen-bond acceptors (Lipinski definition) is 3. The molecule has 0 aromatic heterocycles. The van der Waals surface area contributed by atoms with Gasteiger partial charge in [0.2, 0.25) is 0 Å². The maximum Gasteiger partial charge on any atom is 0.0590 e. The molecule has 0 spiro atoms. The van der Waals surface area contributed by atoms with Gasteiger partial charge in [-0.1, -0.05) is 13.8 Å². The summed E-state index contributed by atoms with van der Waals surface area (Å²) in [5.41, 5.74) is 0. The Kier molecular flexibility index (Phi) is 11.3. The molecule has 98 valence electrons. The van der Waals surface area contributed by atoms with Gasteiger partial charge < -0.3 is 15.0 Å². The molecule has 0 saturated carbocycles. The minimum Gasteiger partial charge on any atom is -0.380 e. The lowest BCUT2D eigenvalue weighted by atomic mass is 10.2. The van der Waals surface area contributed by atoms with Crippen molar-refractivity contribution >= 4 is 0 Å². The molecule has 0 aromatic rings. The summed E-state index contributed by atoms with van der Waals surface area (Å²) in [5.74, 6) is 0. The van der Waals surface area contributed by atoms with Gasteiger partial charge in [0, 0.05) is 19.2 Å². The molecule has 0 aliphatic heterocycles. The topological polar surface area (TPSA) is 24.5 Å². The molecule has 0 fully saturated rings.